The second-order valence-corrected chi connectivity index (χ2v) is 4.14. The molecule has 0 saturated heterocycles. The van der Waals surface area contributed by atoms with Gasteiger partial charge in [0.1, 0.15) is 0 Å². The molecule has 4 heteroatoms. The minimum absolute atomic E-state index is 0.138. The topological polar surface area (TPSA) is 49.3 Å². The number of carboxylic acid groups (broad SMARTS) is 1. The van der Waals surface area contributed by atoms with Crippen molar-refractivity contribution in [1.29, 1.82) is 0 Å². The molecular weight excluding hydrogens is 258 g/mol. The third-order valence-electron chi connectivity index (χ3n) is 2.10. The van der Waals surface area contributed by atoms with Crippen LogP contribution in [0.4, 0.5) is 5.69 Å². The summed E-state index contributed by atoms with van der Waals surface area (Å²) in [6.45, 7) is 2.54. The molecule has 2 N–H and O–H groups in total. The van der Waals surface area contributed by atoms with Crippen LogP contribution in [0.15, 0.2) is 22.7 Å². The van der Waals surface area contributed by atoms with E-state index in [2.05, 4.69) is 28.2 Å². The molecule has 0 bridgehead atoms. The highest BCUT2D eigenvalue weighted by molar-refractivity contribution is 9.10. The third kappa shape index (κ3) is 3.91. The zero-order valence-corrected chi connectivity index (χ0v) is 10.2. The molecule has 1 aromatic rings. The largest absolute Gasteiger partial charge is 0.481 e. The maximum atomic E-state index is 10.4. The van der Waals surface area contributed by atoms with E-state index in [0.717, 1.165) is 16.6 Å². The number of carbonyl (C=O) groups is 1. The molecule has 0 spiro atoms. The zero-order valence-electron chi connectivity index (χ0n) is 8.59. The van der Waals surface area contributed by atoms with Crippen LogP contribution in [0.1, 0.15) is 18.9 Å². The van der Waals surface area contributed by atoms with E-state index in [4.69, 9.17) is 5.11 Å². The first-order valence-corrected chi connectivity index (χ1v) is 5.67. The van der Waals surface area contributed by atoms with Gasteiger partial charge in [0.25, 0.3) is 0 Å². The summed E-state index contributed by atoms with van der Waals surface area (Å²) >= 11 is 3.41. The summed E-state index contributed by atoms with van der Waals surface area (Å²) in [7, 11) is 0. The molecule has 1 rings (SSSR count). The third-order valence-corrected chi connectivity index (χ3v) is 2.60. The van der Waals surface area contributed by atoms with Crippen molar-refractivity contribution in [1.82, 2.24) is 0 Å². The van der Waals surface area contributed by atoms with E-state index in [9.17, 15) is 4.79 Å². The number of rotatable bonds is 5. The number of anilines is 1. The Bertz CT molecular complexity index is 352. The van der Waals surface area contributed by atoms with Gasteiger partial charge in [-0.3, -0.25) is 4.79 Å². The molecule has 0 radical (unpaired) electrons. The van der Waals surface area contributed by atoms with E-state index in [1.165, 1.54) is 5.56 Å². The SMILES string of the molecule is CCc1cc(Br)ccc1NCCC(=O)O. The van der Waals surface area contributed by atoms with E-state index in [-0.39, 0.29) is 6.42 Å². The first-order valence-electron chi connectivity index (χ1n) is 4.87. The number of aliphatic carboxylic acids is 1. The lowest BCUT2D eigenvalue weighted by Crippen LogP contribution is -2.08. The molecule has 0 amide bonds. The average molecular weight is 272 g/mol. The molecule has 0 atom stereocenters. The fourth-order valence-electron chi connectivity index (χ4n) is 1.33. The molecule has 0 saturated carbocycles. The van der Waals surface area contributed by atoms with Crippen molar-refractivity contribution >= 4 is 27.6 Å². The van der Waals surface area contributed by atoms with Gasteiger partial charge in [0.15, 0.2) is 0 Å². The molecule has 0 aliphatic heterocycles. The molecule has 15 heavy (non-hydrogen) atoms. The Labute approximate surface area is 97.6 Å². The van der Waals surface area contributed by atoms with Gasteiger partial charge in [-0.15, -0.1) is 0 Å². The summed E-state index contributed by atoms with van der Waals surface area (Å²) < 4.78 is 1.04. The Morgan fingerprint density at radius 1 is 1.53 bits per heavy atom. The molecule has 0 unspecified atom stereocenters. The lowest BCUT2D eigenvalue weighted by atomic mass is 10.1. The maximum absolute atomic E-state index is 10.4. The normalized spacial score (nSPS) is 10.0. The maximum Gasteiger partial charge on any atom is 0.305 e. The Kier molecular flexibility index (Phi) is 4.62. The first kappa shape index (κ1) is 12.0. The van der Waals surface area contributed by atoms with Gasteiger partial charge in [0.2, 0.25) is 0 Å². The van der Waals surface area contributed by atoms with Crippen LogP contribution in [0.3, 0.4) is 0 Å². The predicted molar refractivity (Wildman–Crippen MR) is 64.3 cm³/mol. The Balaban J connectivity index is 2.63. The van der Waals surface area contributed by atoms with Crippen LogP contribution in [0, 0.1) is 0 Å². The number of nitrogens with one attached hydrogen (secondary N) is 1. The van der Waals surface area contributed by atoms with Crippen molar-refractivity contribution in [2.75, 3.05) is 11.9 Å². The number of hydrogen-bond acceptors (Lipinski definition) is 2. The van der Waals surface area contributed by atoms with Gasteiger partial charge in [-0.2, -0.15) is 0 Å². The Hall–Kier alpha value is -1.03. The van der Waals surface area contributed by atoms with Crippen LogP contribution in [-0.2, 0) is 11.2 Å². The monoisotopic (exact) mass is 271 g/mol. The first-order chi connectivity index (χ1) is 7.13. The van der Waals surface area contributed by atoms with Crippen LogP contribution < -0.4 is 5.32 Å². The highest BCUT2D eigenvalue weighted by Crippen LogP contribution is 2.21. The second kappa shape index (κ2) is 5.75. The van der Waals surface area contributed by atoms with E-state index in [0.29, 0.717) is 6.54 Å². The minimum Gasteiger partial charge on any atom is -0.481 e. The van der Waals surface area contributed by atoms with Crippen LogP contribution >= 0.6 is 15.9 Å². The van der Waals surface area contributed by atoms with E-state index >= 15 is 0 Å². The summed E-state index contributed by atoms with van der Waals surface area (Å²) in [5.41, 5.74) is 2.21. The molecule has 0 aliphatic carbocycles. The second-order valence-electron chi connectivity index (χ2n) is 3.23. The number of carboxylic acids is 1. The van der Waals surface area contributed by atoms with Gasteiger partial charge in [0.05, 0.1) is 6.42 Å². The lowest BCUT2D eigenvalue weighted by molar-refractivity contribution is -0.136. The average Bonchev–Trinajstić information content (AvgIpc) is 2.19. The van der Waals surface area contributed by atoms with E-state index in [1.807, 2.05) is 18.2 Å². The van der Waals surface area contributed by atoms with Crippen molar-refractivity contribution in [3.05, 3.63) is 28.2 Å². The fourth-order valence-corrected chi connectivity index (χ4v) is 1.74. The number of hydrogen-bond donors (Lipinski definition) is 2. The minimum atomic E-state index is -0.780. The molecule has 0 aromatic heterocycles. The van der Waals surface area contributed by atoms with E-state index < -0.39 is 5.97 Å². The van der Waals surface area contributed by atoms with Gasteiger partial charge < -0.3 is 10.4 Å². The van der Waals surface area contributed by atoms with Crippen molar-refractivity contribution in [3.8, 4) is 0 Å². The van der Waals surface area contributed by atoms with Crippen LogP contribution in [-0.4, -0.2) is 17.6 Å². The summed E-state index contributed by atoms with van der Waals surface area (Å²) in [6, 6.07) is 5.95. The van der Waals surface area contributed by atoms with Crippen molar-refractivity contribution < 1.29 is 9.90 Å². The summed E-state index contributed by atoms with van der Waals surface area (Å²) in [5, 5.41) is 11.6. The summed E-state index contributed by atoms with van der Waals surface area (Å²) in [5.74, 6) is -0.780. The number of halogens is 1. The lowest BCUT2D eigenvalue weighted by Gasteiger charge is -2.10. The molecule has 82 valence electrons. The zero-order chi connectivity index (χ0) is 11.3. The Morgan fingerprint density at radius 3 is 2.87 bits per heavy atom. The fraction of sp³-hybridized carbons (Fsp3) is 0.364. The molecular formula is C11H14BrNO2. The highest BCUT2D eigenvalue weighted by atomic mass is 79.9. The van der Waals surface area contributed by atoms with Gasteiger partial charge in [-0.05, 0) is 30.2 Å². The number of aryl methyl sites for hydroxylation is 1. The van der Waals surface area contributed by atoms with Gasteiger partial charge in [0, 0.05) is 16.7 Å². The molecule has 0 heterocycles. The van der Waals surface area contributed by atoms with Gasteiger partial charge in [-0.1, -0.05) is 22.9 Å². The predicted octanol–water partition coefficient (Wildman–Crippen LogP) is 2.90. The van der Waals surface area contributed by atoms with Crippen LogP contribution in [0.2, 0.25) is 0 Å². The molecule has 0 aliphatic rings. The molecule has 0 fully saturated rings. The van der Waals surface area contributed by atoms with Crippen LogP contribution in [0.25, 0.3) is 0 Å². The summed E-state index contributed by atoms with van der Waals surface area (Å²) in [6.07, 6.45) is 1.06. The molecule has 1 aromatic carbocycles. The van der Waals surface area contributed by atoms with Crippen LogP contribution in [0.5, 0.6) is 0 Å². The highest BCUT2D eigenvalue weighted by Gasteiger charge is 2.02. The van der Waals surface area contributed by atoms with Crippen molar-refractivity contribution in [2.45, 2.75) is 19.8 Å². The van der Waals surface area contributed by atoms with Gasteiger partial charge >= 0.3 is 5.97 Å². The molecule has 3 nitrogen and oxygen atoms in total. The Morgan fingerprint density at radius 2 is 2.27 bits per heavy atom. The van der Waals surface area contributed by atoms with Crippen molar-refractivity contribution in [2.24, 2.45) is 0 Å². The quantitative estimate of drug-likeness (QED) is 0.866. The van der Waals surface area contributed by atoms with Gasteiger partial charge in [-0.25, -0.2) is 0 Å². The summed E-state index contributed by atoms with van der Waals surface area (Å²) in [4.78, 5) is 10.4. The standard InChI is InChI=1S/C11H14BrNO2/c1-2-8-7-9(12)3-4-10(8)13-6-5-11(14)15/h3-4,7,13H,2,5-6H2,1H3,(H,14,15). The number of benzene rings is 1. The van der Waals surface area contributed by atoms with E-state index in [1.54, 1.807) is 0 Å². The van der Waals surface area contributed by atoms with Crippen molar-refractivity contribution in [3.63, 3.8) is 0 Å². The smallest absolute Gasteiger partial charge is 0.305 e.